The summed E-state index contributed by atoms with van der Waals surface area (Å²) in [5, 5.41) is 3.67. The van der Waals surface area contributed by atoms with Gasteiger partial charge in [-0.2, -0.15) is 0 Å². The predicted molar refractivity (Wildman–Crippen MR) is 102 cm³/mol. The van der Waals surface area contributed by atoms with Crippen molar-refractivity contribution in [3.8, 4) is 5.88 Å². The van der Waals surface area contributed by atoms with Crippen LogP contribution in [-0.4, -0.2) is 52.4 Å². The Labute approximate surface area is 158 Å². The van der Waals surface area contributed by atoms with Crippen LogP contribution in [-0.2, 0) is 4.79 Å². The molecule has 2 aromatic heterocycles. The van der Waals surface area contributed by atoms with Crippen molar-refractivity contribution < 1.29 is 14.3 Å². The van der Waals surface area contributed by atoms with Crippen LogP contribution in [0.25, 0.3) is 10.9 Å². The maximum Gasteiger partial charge on any atom is 0.268 e. The van der Waals surface area contributed by atoms with Crippen LogP contribution in [0.4, 0.5) is 0 Å². The molecule has 27 heavy (non-hydrogen) atoms. The molecule has 1 aliphatic heterocycles. The van der Waals surface area contributed by atoms with Crippen LogP contribution >= 0.6 is 0 Å². The van der Waals surface area contributed by atoms with E-state index in [1.54, 1.807) is 25.3 Å². The van der Waals surface area contributed by atoms with E-state index < -0.39 is 6.04 Å². The van der Waals surface area contributed by atoms with Gasteiger partial charge in [0.2, 0.25) is 11.8 Å². The summed E-state index contributed by atoms with van der Waals surface area (Å²) in [7, 11) is 0. The third kappa shape index (κ3) is 3.63. The van der Waals surface area contributed by atoms with Crippen molar-refractivity contribution in [3.63, 3.8) is 0 Å². The number of pyridine rings is 1. The maximum atomic E-state index is 12.7. The molecule has 0 radical (unpaired) electrons. The molecule has 3 heterocycles. The fourth-order valence-corrected chi connectivity index (χ4v) is 3.85. The molecule has 1 atom stereocenters. The highest BCUT2D eigenvalue weighted by molar-refractivity contribution is 6.00. The van der Waals surface area contributed by atoms with Gasteiger partial charge in [-0.15, -0.1) is 0 Å². The van der Waals surface area contributed by atoms with Crippen molar-refractivity contribution in [1.29, 1.82) is 0 Å². The van der Waals surface area contributed by atoms with Crippen LogP contribution in [0.3, 0.4) is 0 Å². The van der Waals surface area contributed by atoms with Crippen molar-refractivity contribution >= 4 is 22.7 Å². The van der Waals surface area contributed by atoms with Crippen LogP contribution in [0.2, 0.25) is 0 Å². The Bertz CT molecular complexity index is 861. The van der Waals surface area contributed by atoms with E-state index in [0.717, 1.165) is 36.8 Å². The number of nitrogens with zero attached hydrogens (tertiary/aromatic N) is 2. The zero-order valence-electron chi connectivity index (χ0n) is 15.9. The molecule has 2 fully saturated rings. The largest absolute Gasteiger partial charge is 0.478 e. The standard InChI is InChI=1S/C20H26N4O3/c1-3-27-17-11-14-10-15(23-16(14)12-21-17)18(25)22-13(2)19(26)24-8-6-20(4-5-20)7-9-24/h10-13,23H,3-9H2,1-2H3,(H,22,25)/t13-/m1/s1. The van der Waals surface area contributed by atoms with Gasteiger partial charge in [0, 0.05) is 24.5 Å². The number of nitrogens with one attached hydrogen (secondary N) is 2. The molecule has 1 spiro atoms. The molecule has 0 bridgehead atoms. The highest BCUT2D eigenvalue weighted by Crippen LogP contribution is 2.53. The third-order valence-electron chi connectivity index (χ3n) is 5.83. The minimum atomic E-state index is -0.547. The van der Waals surface area contributed by atoms with Crippen molar-refractivity contribution in [1.82, 2.24) is 20.2 Å². The third-order valence-corrected chi connectivity index (χ3v) is 5.83. The summed E-state index contributed by atoms with van der Waals surface area (Å²) in [4.78, 5) is 34.4. The molecule has 2 aromatic rings. The maximum absolute atomic E-state index is 12.7. The zero-order chi connectivity index (χ0) is 19.0. The SMILES string of the molecule is CCOc1cc2cc(C(=O)N[C@H](C)C(=O)N3CCC4(CC3)CC4)[nH]c2cn1. The summed E-state index contributed by atoms with van der Waals surface area (Å²) in [5.41, 5.74) is 1.70. The van der Waals surface area contributed by atoms with E-state index in [1.165, 1.54) is 12.8 Å². The van der Waals surface area contributed by atoms with Crippen LogP contribution in [0.15, 0.2) is 18.3 Å². The molecule has 1 saturated heterocycles. The van der Waals surface area contributed by atoms with Gasteiger partial charge in [-0.3, -0.25) is 9.59 Å². The summed E-state index contributed by atoms with van der Waals surface area (Å²) in [6.07, 6.45) is 6.45. The van der Waals surface area contributed by atoms with E-state index in [-0.39, 0.29) is 11.8 Å². The van der Waals surface area contributed by atoms with Gasteiger partial charge in [0.1, 0.15) is 11.7 Å². The van der Waals surface area contributed by atoms with Crippen LogP contribution in [0, 0.1) is 5.41 Å². The summed E-state index contributed by atoms with van der Waals surface area (Å²) in [6.45, 7) is 5.79. The van der Waals surface area contributed by atoms with Crippen LogP contribution in [0.5, 0.6) is 5.88 Å². The average Bonchev–Trinajstić information content (AvgIpc) is 3.27. The number of hydrogen-bond donors (Lipinski definition) is 2. The number of hydrogen-bond acceptors (Lipinski definition) is 4. The second kappa shape index (κ2) is 6.87. The molecule has 1 aliphatic carbocycles. The minimum Gasteiger partial charge on any atom is -0.478 e. The molecule has 2 N–H and O–H groups in total. The van der Waals surface area contributed by atoms with E-state index in [1.807, 2.05) is 11.8 Å². The summed E-state index contributed by atoms with van der Waals surface area (Å²) < 4.78 is 5.39. The molecule has 0 aromatic carbocycles. The van der Waals surface area contributed by atoms with Gasteiger partial charge < -0.3 is 19.9 Å². The molecular formula is C20H26N4O3. The van der Waals surface area contributed by atoms with Crippen molar-refractivity contribution in [2.24, 2.45) is 5.41 Å². The molecule has 7 heteroatoms. The van der Waals surface area contributed by atoms with E-state index in [4.69, 9.17) is 4.74 Å². The molecule has 0 unspecified atom stereocenters. The summed E-state index contributed by atoms with van der Waals surface area (Å²) in [6, 6.07) is 3.00. The van der Waals surface area contributed by atoms with Crippen LogP contribution in [0.1, 0.15) is 50.0 Å². The Hall–Kier alpha value is -2.57. The van der Waals surface area contributed by atoms with Gasteiger partial charge in [0.05, 0.1) is 18.3 Å². The Morgan fingerprint density at radius 2 is 2.04 bits per heavy atom. The fraction of sp³-hybridized carbons (Fsp3) is 0.550. The number of likely N-dealkylation sites (tertiary alicyclic amines) is 1. The van der Waals surface area contributed by atoms with Gasteiger partial charge >= 0.3 is 0 Å². The number of carbonyl (C=O) groups is 2. The number of rotatable bonds is 5. The smallest absolute Gasteiger partial charge is 0.268 e. The quantitative estimate of drug-likeness (QED) is 0.846. The highest BCUT2D eigenvalue weighted by atomic mass is 16.5. The predicted octanol–water partition coefficient (Wildman–Crippen LogP) is 2.48. The monoisotopic (exact) mass is 370 g/mol. The Morgan fingerprint density at radius 1 is 1.30 bits per heavy atom. The molecule has 1 saturated carbocycles. The topological polar surface area (TPSA) is 87.3 Å². The fourth-order valence-electron chi connectivity index (χ4n) is 3.85. The molecule has 2 aliphatic rings. The Morgan fingerprint density at radius 3 is 2.70 bits per heavy atom. The normalized spacial score (nSPS) is 19.1. The first-order valence-electron chi connectivity index (χ1n) is 9.71. The molecule has 2 amide bonds. The van der Waals surface area contributed by atoms with Gasteiger partial charge in [-0.25, -0.2) is 4.98 Å². The molecule has 144 valence electrons. The number of amides is 2. The van der Waals surface area contributed by atoms with Gasteiger partial charge in [0.15, 0.2) is 0 Å². The first kappa shape index (κ1) is 17.8. The number of piperidine rings is 1. The molecule has 4 rings (SSSR count). The number of H-pyrrole nitrogens is 1. The molecule has 7 nitrogen and oxygen atoms in total. The highest BCUT2D eigenvalue weighted by Gasteiger charge is 2.45. The molecular weight excluding hydrogens is 344 g/mol. The number of aromatic nitrogens is 2. The Balaban J connectivity index is 1.39. The first-order chi connectivity index (χ1) is 13.0. The van der Waals surface area contributed by atoms with Crippen LogP contribution < -0.4 is 10.1 Å². The van der Waals surface area contributed by atoms with E-state index in [0.29, 0.717) is 23.6 Å². The summed E-state index contributed by atoms with van der Waals surface area (Å²) in [5.74, 6) is 0.231. The lowest BCUT2D eigenvalue weighted by Gasteiger charge is -2.33. The van der Waals surface area contributed by atoms with Gasteiger partial charge in [-0.05, 0) is 51.0 Å². The Kier molecular flexibility index (Phi) is 4.53. The second-order valence-corrected chi connectivity index (χ2v) is 7.75. The van der Waals surface area contributed by atoms with Crippen molar-refractivity contribution in [2.45, 2.75) is 45.6 Å². The van der Waals surface area contributed by atoms with E-state index in [9.17, 15) is 9.59 Å². The average molecular weight is 370 g/mol. The van der Waals surface area contributed by atoms with Crippen molar-refractivity contribution in [3.05, 3.63) is 24.0 Å². The van der Waals surface area contributed by atoms with E-state index in [2.05, 4.69) is 15.3 Å². The number of carbonyl (C=O) groups excluding carboxylic acids is 2. The summed E-state index contributed by atoms with van der Waals surface area (Å²) >= 11 is 0. The second-order valence-electron chi connectivity index (χ2n) is 7.75. The lowest BCUT2D eigenvalue weighted by Crippen LogP contribution is -2.49. The first-order valence-corrected chi connectivity index (χ1v) is 9.71. The number of aromatic amines is 1. The van der Waals surface area contributed by atoms with E-state index >= 15 is 0 Å². The minimum absolute atomic E-state index is 0.00439. The zero-order valence-corrected chi connectivity index (χ0v) is 15.9. The van der Waals surface area contributed by atoms with Gasteiger partial charge in [-0.1, -0.05) is 0 Å². The van der Waals surface area contributed by atoms with Crippen molar-refractivity contribution in [2.75, 3.05) is 19.7 Å². The van der Waals surface area contributed by atoms with Gasteiger partial charge in [0.25, 0.3) is 5.91 Å². The number of fused-ring (bicyclic) bond motifs is 1. The lowest BCUT2D eigenvalue weighted by molar-refractivity contribution is -0.134. The number of ether oxygens (including phenoxy) is 1. The lowest BCUT2D eigenvalue weighted by atomic mass is 9.93.